The number of methoxy groups -OCH3 is 1. The number of carbonyl (C=O) groups is 1. The smallest absolute Gasteiger partial charge is 0.408 e. The lowest BCUT2D eigenvalue weighted by molar-refractivity contribution is 0.0462. The van der Waals surface area contributed by atoms with Crippen molar-refractivity contribution in [2.75, 3.05) is 33.4 Å². The summed E-state index contributed by atoms with van der Waals surface area (Å²) in [6.45, 7) is 2.77. The Balaban J connectivity index is 2.28. The molecular formula is C14H19Cl2N3O3. The Kier molecular flexibility index (Phi) is 5.79. The summed E-state index contributed by atoms with van der Waals surface area (Å²) in [5.74, 6) is -0.283. The third-order valence-corrected chi connectivity index (χ3v) is 4.80. The molecule has 1 saturated heterocycles. The molecule has 2 aliphatic rings. The highest BCUT2D eigenvalue weighted by atomic mass is 35.5. The molecule has 1 aliphatic carbocycles. The first-order valence-corrected chi connectivity index (χ1v) is 8.00. The number of carbonyl (C=O) groups excluding carboxylic acids is 1. The Morgan fingerprint density at radius 3 is 2.82 bits per heavy atom. The molecule has 1 amide bonds. The zero-order valence-electron chi connectivity index (χ0n) is 12.3. The van der Waals surface area contributed by atoms with Crippen molar-refractivity contribution < 1.29 is 14.3 Å². The van der Waals surface area contributed by atoms with Crippen molar-refractivity contribution in [3.63, 3.8) is 0 Å². The van der Waals surface area contributed by atoms with Crippen LogP contribution in [0.15, 0.2) is 11.8 Å². The third-order valence-electron chi connectivity index (χ3n) is 4.12. The van der Waals surface area contributed by atoms with Crippen LogP contribution < -0.4 is 5.32 Å². The quantitative estimate of drug-likeness (QED) is 0.787. The lowest BCUT2D eigenvalue weighted by Gasteiger charge is -2.40. The maximum atomic E-state index is 11.7. The van der Waals surface area contributed by atoms with E-state index in [0.717, 1.165) is 25.2 Å². The summed E-state index contributed by atoms with van der Waals surface area (Å²) < 4.78 is 9.99. The number of halogens is 2. The summed E-state index contributed by atoms with van der Waals surface area (Å²) in [5.41, 5.74) is -0.427. The van der Waals surface area contributed by atoms with Gasteiger partial charge in [-0.3, -0.25) is 5.32 Å². The second-order valence-electron chi connectivity index (χ2n) is 5.26. The van der Waals surface area contributed by atoms with Crippen LogP contribution in [0, 0.1) is 17.2 Å². The SMILES string of the molecule is COC(=O)NC(C#N)(C(Cl)Cl)C1CCC=C1N1CCOCC1. The first-order valence-electron chi connectivity index (χ1n) is 7.13. The Morgan fingerprint density at radius 1 is 1.59 bits per heavy atom. The topological polar surface area (TPSA) is 74.6 Å². The lowest BCUT2D eigenvalue weighted by atomic mass is 9.83. The Labute approximate surface area is 139 Å². The van der Waals surface area contributed by atoms with Gasteiger partial charge in [0.2, 0.25) is 0 Å². The highest BCUT2D eigenvalue weighted by molar-refractivity contribution is 6.45. The van der Waals surface area contributed by atoms with Gasteiger partial charge in [-0.2, -0.15) is 5.26 Å². The summed E-state index contributed by atoms with van der Waals surface area (Å²) in [7, 11) is 1.24. The summed E-state index contributed by atoms with van der Waals surface area (Å²) in [4.78, 5) is 12.8. The van der Waals surface area contributed by atoms with Gasteiger partial charge in [-0.25, -0.2) is 4.79 Å². The molecule has 1 fully saturated rings. The predicted molar refractivity (Wildman–Crippen MR) is 82.6 cm³/mol. The average Bonchev–Trinajstić information content (AvgIpc) is 3.02. The molecule has 0 aromatic heterocycles. The van der Waals surface area contributed by atoms with E-state index in [0.29, 0.717) is 19.6 Å². The maximum absolute atomic E-state index is 11.7. The van der Waals surface area contributed by atoms with Crippen molar-refractivity contribution in [1.82, 2.24) is 10.2 Å². The minimum atomic E-state index is -1.42. The number of nitrogens with zero attached hydrogens (tertiary/aromatic N) is 2. The third kappa shape index (κ3) is 3.27. The molecule has 1 N–H and O–H groups in total. The van der Waals surface area contributed by atoms with E-state index in [1.54, 1.807) is 0 Å². The molecule has 2 unspecified atom stereocenters. The zero-order valence-corrected chi connectivity index (χ0v) is 13.9. The number of hydrogen-bond acceptors (Lipinski definition) is 5. The average molecular weight is 348 g/mol. The first-order chi connectivity index (χ1) is 10.5. The van der Waals surface area contributed by atoms with Crippen molar-refractivity contribution in [1.29, 1.82) is 5.26 Å². The summed E-state index contributed by atoms with van der Waals surface area (Å²) in [6, 6.07) is 2.12. The number of allylic oxidation sites excluding steroid dienone is 1. The Hall–Kier alpha value is -1.16. The minimum absolute atomic E-state index is 0.283. The molecule has 0 aromatic carbocycles. The molecule has 1 heterocycles. The fourth-order valence-corrected chi connectivity index (χ4v) is 3.50. The highest BCUT2D eigenvalue weighted by Crippen LogP contribution is 2.41. The zero-order chi connectivity index (χ0) is 16.2. The molecular weight excluding hydrogens is 329 g/mol. The Bertz CT molecular complexity index is 486. The molecule has 0 spiro atoms. The van der Waals surface area contributed by atoms with Gasteiger partial charge in [0, 0.05) is 24.7 Å². The van der Waals surface area contributed by atoms with E-state index in [9.17, 15) is 10.1 Å². The summed E-state index contributed by atoms with van der Waals surface area (Å²) >= 11 is 12.2. The minimum Gasteiger partial charge on any atom is -0.453 e. The maximum Gasteiger partial charge on any atom is 0.408 e. The number of morpholine rings is 1. The van der Waals surface area contributed by atoms with Crippen molar-refractivity contribution in [2.45, 2.75) is 23.2 Å². The monoisotopic (exact) mass is 347 g/mol. The van der Waals surface area contributed by atoms with Crippen molar-refractivity contribution in [3.05, 3.63) is 11.8 Å². The molecule has 0 radical (unpaired) electrons. The lowest BCUT2D eigenvalue weighted by Crippen LogP contribution is -2.58. The van der Waals surface area contributed by atoms with Crippen molar-refractivity contribution in [2.24, 2.45) is 5.92 Å². The van der Waals surface area contributed by atoms with Gasteiger partial charge in [0.05, 0.1) is 26.4 Å². The van der Waals surface area contributed by atoms with Crippen LogP contribution in [0.1, 0.15) is 12.8 Å². The van der Waals surface area contributed by atoms with E-state index >= 15 is 0 Å². The molecule has 2 atom stereocenters. The van der Waals surface area contributed by atoms with Gasteiger partial charge < -0.3 is 14.4 Å². The fraction of sp³-hybridized carbons (Fsp3) is 0.714. The van der Waals surface area contributed by atoms with Gasteiger partial charge >= 0.3 is 6.09 Å². The number of hydrogen-bond donors (Lipinski definition) is 1. The molecule has 122 valence electrons. The van der Waals surface area contributed by atoms with Gasteiger partial charge in [-0.05, 0) is 12.8 Å². The molecule has 6 nitrogen and oxygen atoms in total. The van der Waals surface area contributed by atoms with Crippen LogP contribution in [-0.2, 0) is 9.47 Å². The summed E-state index contributed by atoms with van der Waals surface area (Å²) in [5, 5.41) is 12.3. The van der Waals surface area contributed by atoms with E-state index in [2.05, 4.69) is 27.1 Å². The summed E-state index contributed by atoms with van der Waals surface area (Å²) in [6.07, 6.45) is 2.86. The molecule has 2 rings (SSSR count). The van der Waals surface area contributed by atoms with Crippen molar-refractivity contribution >= 4 is 29.3 Å². The van der Waals surface area contributed by atoms with Gasteiger partial charge in [-0.1, -0.05) is 6.08 Å². The number of amides is 1. The molecule has 0 aromatic rings. The van der Waals surface area contributed by atoms with Crippen molar-refractivity contribution in [3.8, 4) is 6.07 Å². The molecule has 22 heavy (non-hydrogen) atoms. The van der Waals surface area contributed by atoms with E-state index < -0.39 is 16.5 Å². The van der Waals surface area contributed by atoms with Gasteiger partial charge in [0.15, 0.2) is 5.54 Å². The second kappa shape index (κ2) is 7.40. The largest absolute Gasteiger partial charge is 0.453 e. The number of nitrogens with one attached hydrogen (secondary N) is 1. The number of alkyl carbamates (subject to hydrolysis) is 1. The van der Waals surface area contributed by atoms with E-state index in [1.807, 2.05) is 0 Å². The molecule has 0 saturated carbocycles. The van der Waals surface area contributed by atoms with Crippen LogP contribution in [0.3, 0.4) is 0 Å². The normalized spacial score (nSPS) is 24.4. The standard InChI is InChI=1S/C14H19Cl2N3O3/c1-21-13(20)18-14(9-17,12(15)16)10-3-2-4-11(10)19-5-7-22-8-6-19/h4,10,12H,2-3,5-8H2,1H3,(H,18,20). The van der Waals surface area contributed by atoms with E-state index in [4.69, 9.17) is 27.9 Å². The van der Waals surface area contributed by atoms with E-state index in [1.165, 1.54) is 7.11 Å². The number of ether oxygens (including phenoxy) is 2. The first kappa shape index (κ1) is 17.2. The Morgan fingerprint density at radius 2 is 2.27 bits per heavy atom. The van der Waals surface area contributed by atoms with Crippen LogP contribution in [-0.4, -0.2) is 54.8 Å². The van der Waals surface area contributed by atoms with Gasteiger partial charge in [0.1, 0.15) is 4.84 Å². The number of alkyl halides is 2. The van der Waals surface area contributed by atoms with Crippen LogP contribution in [0.5, 0.6) is 0 Å². The van der Waals surface area contributed by atoms with Crippen LogP contribution >= 0.6 is 23.2 Å². The second-order valence-corrected chi connectivity index (χ2v) is 6.35. The van der Waals surface area contributed by atoms with Crippen LogP contribution in [0.2, 0.25) is 0 Å². The predicted octanol–water partition coefficient (Wildman–Crippen LogP) is 2.03. The molecule has 1 aliphatic heterocycles. The molecule has 8 heteroatoms. The molecule has 0 bridgehead atoms. The number of nitriles is 1. The fourth-order valence-electron chi connectivity index (χ4n) is 2.99. The van der Waals surface area contributed by atoms with Crippen LogP contribution in [0.25, 0.3) is 0 Å². The van der Waals surface area contributed by atoms with Crippen LogP contribution in [0.4, 0.5) is 4.79 Å². The van der Waals surface area contributed by atoms with Gasteiger partial charge in [-0.15, -0.1) is 23.2 Å². The van der Waals surface area contributed by atoms with E-state index in [-0.39, 0.29) is 5.92 Å². The number of rotatable bonds is 4. The van der Waals surface area contributed by atoms with Gasteiger partial charge in [0.25, 0.3) is 0 Å². The highest BCUT2D eigenvalue weighted by Gasteiger charge is 2.50.